The summed E-state index contributed by atoms with van der Waals surface area (Å²) >= 11 is 1.19. The topological polar surface area (TPSA) is 105 Å². The summed E-state index contributed by atoms with van der Waals surface area (Å²) in [5.74, 6) is -0.963. The maximum atomic E-state index is 12.1. The predicted molar refractivity (Wildman–Crippen MR) is 70.9 cm³/mol. The van der Waals surface area contributed by atoms with Crippen LogP contribution in [0.3, 0.4) is 0 Å². The highest BCUT2D eigenvalue weighted by Gasteiger charge is 2.21. The van der Waals surface area contributed by atoms with E-state index < -0.39 is 12.0 Å². The van der Waals surface area contributed by atoms with Crippen molar-refractivity contribution in [1.29, 1.82) is 0 Å². The number of rotatable bonds is 4. The maximum Gasteiger partial charge on any atom is 0.355 e. The van der Waals surface area contributed by atoms with Gasteiger partial charge in [-0.1, -0.05) is 5.16 Å². The number of aromatic nitrogens is 2. The van der Waals surface area contributed by atoms with E-state index in [-0.39, 0.29) is 11.6 Å². The fourth-order valence-corrected chi connectivity index (χ4v) is 2.52. The number of carbonyl (C=O) groups is 2. The Balaban J connectivity index is 2.13. The fourth-order valence-electron chi connectivity index (χ4n) is 1.72. The summed E-state index contributed by atoms with van der Waals surface area (Å²) in [6.07, 6.45) is 0. The first-order valence-electron chi connectivity index (χ1n) is 5.82. The van der Waals surface area contributed by atoms with Crippen molar-refractivity contribution < 1.29 is 19.2 Å². The van der Waals surface area contributed by atoms with Gasteiger partial charge in [0.15, 0.2) is 5.69 Å². The standard InChI is InChI=1S/C12H13N3O4S/c1-5-9(7(3)19-15-5)10(16)13-6(2)11-14-8(4-20-11)12(17)18/h4,6H,1-3H3,(H,13,16)(H,17,18). The van der Waals surface area contributed by atoms with Crippen LogP contribution in [0.25, 0.3) is 0 Å². The fraction of sp³-hybridized carbons (Fsp3) is 0.333. The molecule has 0 bridgehead atoms. The van der Waals surface area contributed by atoms with E-state index in [1.54, 1.807) is 20.8 Å². The minimum atomic E-state index is -1.09. The number of carboxylic acid groups (broad SMARTS) is 1. The molecule has 0 saturated carbocycles. The van der Waals surface area contributed by atoms with Crippen molar-refractivity contribution in [3.05, 3.63) is 33.1 Å². The molecule has 0 saturated heterocycles. The van der Waals surface area contributed by atoms with Gasteiger partial charge >= 0.3 is 5.97 Å². The highest BCUT2D eigenvalue weighted by molar-refractivity contribution is 7.09. The summed E-state index contributed by atoms with van der Waals surface area (Å²) < 4.78 is 4.94. The lowest BCUT2D eigenvalue weighted by atomic mass is 10.2. The number of thiazole rings is 1. The summed E-state index contributed by atoms with van der Waals surface area (Å²) in [5.41, 5.74) is 0.882. The van der Waals surface area contributed by atoms with E-state index in [0.717, 1.165) is 0 Å². The molecule has 2 N–H and O–H groups in total. The quantitative estimate of drug-likeness (QED) is 0.893. The average Bonchev–Trinajstić information content (AvgIpc) is 2.96. The molecule has 2 aromatic heterocycles. The van der Waals surface area contributed by atoms with Crippen LogP contribution >= 0.6 is 11.3 Å². The molecule has 0 aliphatic heterocycles. The molecule has 2 heterocycles. The summed E-state index contributed by atoms with van der Waals surface area (Å²) in [6.45, 7) is 5.08. The monoisotopic (exact) mass is 295 g/mol. The van der Waals surface area contributed by atoms with Crippen molar-refractivity contribution in [2.45, 2.75) is 26.8 Å². The van der Waals surface area contributed by atoms with E-state index in [0.29, 0.717) is 22.0 Å². The normalized spacial score (nSPS) is 12.2. The number of carbonyl (C=O) groups excluding carboxylic acids is 1. The van der Waals surface area contributed by atoms with Gasteiger partial charge in [0.25, 0.3) is 5.91 Å². The van der Waals surface area contributed by atoms with Crippen molar-refractivity contribution in [3.63, 3.8) is 0 Å². The molecular weight excluding hydrogens is 282 g/mol. The highest BCUT2D eigenvalue weighted by Crippen LogP contribution is 2.20. The number of hydrogen-bond donors (Lipinski definition) is 2. The van der Waals surface area contributed by atoms with E-state index in [9.17, 15) is 9.59 Å². The molecule has 8 heteroatoms. The molecule has 1 atom stereocenters. The van der Waals surface area contributed by atoms with Crippen LogP contribution in [-0.2, 0) is 0 Å². The molecule has 20 heavy (non-hydrogen) atoms. The van der Waals surface area contributed by atoms with Gasteiger partial charge in [0.1, 0.15) is 16.3 Å². The molecule has 1 amide bonds. The third kappa shape index (κ3) is 2.69. The van der Waals surface area contributed by atoms with Crippen LogP contribution in [-0.4, -0.2) is 27.1 Å². The van der Waals surface area contributed by atoms with Crippen LogP contribution in [0.4, 0.5) is 0 Å². The molecule has 7 nitrogen and oxygen atoms in total. The van der Waals surface area contributed by atoms with Crippen molar-refractivity contribution in [3.8, 4) is 0 Å². The second kappa shape index (κ2) is 5.41. The van der Waals surface area contributed by atoms with E-state index in [1.807, 2.05) is 0 Å². The SMILES string of the molecule is Cc1noc(C)c1C(=O)NC(C)c1nc(C(=O)O)cs1. The molecule has 0 aliphatic rings. The molecule has 0 aromatic carbocycles. The zero-order chi connectivity index (χ0) is 14.9. The molecule has 2 aromatic rings. The van der Waals surface area contributed by atoms with Gasteiger partial charge in [-0.2, -0.15) is 0 Å². The molecule has 0 spiro atoms. The Labute approximate surface area is 118 Å². The Morgan fingerprint density at radius 2 is 2.15 bits per heavy atom. The Morgan fingerprint density at radius 1 is 1.45 bits per heavy atom. The van der Waals surface area contributed by atoms with Crippen molar-refractivity contribution >= 4 is 23.2 Å². The van der Waals surface area contributed by atoms with Gasteiger partial charge in [-0.15, -0.1) is 11.3 Å². The highest BCUT2D eigenvalue weighted by atomic mass is 32.1. The van der Waals surface area contributed by atoms with Gasteiger partial charge in [-0.05, 0) is 20.8 Å². The van der Waals surface area contributed by atoms with Crippen LogP contribution in [0.2, 0.25) is 0 Å². The van der Waals surface area contributed by atoms with Crippen molar-refractivity contribution in [2.24, 2.45) is 0 Å². The van der Waals surface area contributed by atoms with Gasteiger partial charge in [0.05, 0.1) is 11.7 Å². The zero-order valence-electron chi connectivity index (χ0n) is 11.1. The van der Waals surface area contributed by atoms with E-state index in [2.05, 4.69) is 15.5 Å². The van der Waals surface area contributed by atoms with E-state index in [1.165, 1.54) is 16.7 Å². The summed E-state index contributed by atoms with van der Waals surface area (Å²) in [7, 11) is 0. The third-order valence-electron chi connectivity index (χ3n) is 2.72. The molecular formula is C12H13N3O4S. The Kier molecular flexibility index (Phi) is 3.84. The molecule has 106 valence electrons. The lowest BCUT2D eigenvalue weighted by molar-refractivity contribution is 0.0691. The Bertz CT molecular complexity index is 642. The first-order valence-corrected chi connectivity index (χ1v) is 6.70. The van der Waals surface area contributed by atoms with Gasteiger partial charge in [-0.25, -0.2) is 9.78 Å². The van der Waals surface area contributed by atoms with Crippen LogP contribution in [0.1, 0.15) is 50.3 Å². The first-order chi connectivity index (χ1) is 9.40. The van der Waals surface area contributed by atoms with Crippen LogP contribution in [0, 0.1) is 13.8 Å². The summed E-state index contributed by atoms with van der Waals surface area (Å²) in [4.78, 5) is 26.8. The predicted octanol–water partition coefficient (Wildman–Crippen LogP) is 1.94. The van der Waals surface area contributed by atoms with E-state index >= 15 is 0 Å². The van der Waals surface area contributed by atoms with E-state index in [4.69, 9.17) is 9.63 Å². The molecule has 1 unspecified atom stereocenters. The maximum absolute atomic E-state index is 12.1. The van der Waals surface area contributed by atoms with Crippen LogP contribution < -0.4 is 5.32 Å². The smallest absolute Gasteiger partial charge is 0.355 e. The van der Waals surface area contributed by atoms with Crippen molar-refractivity contribution in [2.75, 3.05) is 0 Å². The lowest BCUT2D eigenvalue weighted by Crippen LogP contribution is -2.27. The first kappa shape index (κ1) is 14.2. The number of carboxylic acids is 1. The minimum Gasteiger partial charge on any atom is -0.476 e. The van der Waals surface area contributed by atoms with Crippen LogP contribution in [0.15, 0.2) is 9.90 Å². The Hall–Kier alpha value is -2.22. The number of amides is 1. The molecule has 0 aliphatic carbocycles. The lowest BCUT2D eigenvalue weighted by Gasteiger charge is -2.10. The number of nitrogens with one attached hydrogen (secondary N) is 1. The van der Waals surface area contributed by atoms with Crippen LogP contribution in [0.5, 0.6) is 0 Å². The Morgan fingerprint density at radius 3 is 2.65 bits per heavy atom. The summed E-state index contributed by atoms with van der Waals surface area (Å²) in [5, 5.41) is 17.3. The molecule has 2 rings (SSSR count). The second-order valence-electron chi connectivity index (χ2n) is 4.27. The van der Waals surface area contributed by atoms with Crippen molar-refractivity contribution in [1.82, 2.24) is 15.5 Å². The molecule has 0 fully saturated rings. The van der Waals surface area contributed by atoms with Gasteiger partial charge < -0.3 is 14.9 Å². The van der Waals surface area contributed by atoms with Gasteiger partial charge in [0.2, 0.25) is 0 Å². The third-order valence-corrected chi connectivity index (χ3v) is 3.75. The molecule has 0 radical (unpaired) electrons. The number of aromatic carboxylic acids is 1. The summed E-state index contributed by atoms with van der Waals surface area (Å²) in [6, 6.07) is -0.394. The zero-order valence-corrected chi connectivity index (χ0v) is 11.9. The van der Waals surface area contributed by atoms with Gasteiger partial charge in [-0.3, -0.25) is 4.79 Å². The number of nitrogens with zero attached hydrogens (tertiary/aromatic N) is 2. The number of aryl methyl sites for hydroxylation is 2. The largest absolute Gasteiger partial charge is 0.476 e. The average molecular weight is 295 g/mol. The second-order valence-corrected chi connectivity index (χ2v) is 5.16. The minimum absolute atomic E-state index is 0.0246. The number of hydrogen-bond acceptors (Lipinski definition) is 6. The van der Waals surface area contributed by atoms with Gasteiger partial charge in [0, 0.05) is 5.38 Å².